The van der Waals surface area contributed by atoms with Crippen molar-refractivity contribution < 1.29 is 4.79 Å². The van der Waals surface area contributed by atoms with Crippen LogP contribution in [0.1, 0.15) is 60.8 Å². The minimum atomic E-state index is -0.147. The van der Waals surface area contributed by atoms with Crippen LogP contribution in [0.25, 0.3) is 0 Å². The Morgan fingerprint density at radius 1 is 1.40 bits per heavy atom. The molecule has 136 valence electrons. The number of amides is 1. The molecule has 2 aromatic rings. The maximum absolute atomic E-state index is 11.7. The van der Waals surface area contributed by atoms with E-state index in [1.165, 1.54) is 0 Å². The van der Waals surface area contributed by atoms with E-state index >= 15 is 0 Å². The van der Waals surface area contributed by atoms with E-state index in [2.05, 4.69) is 43.9 Å². The number of nitrogens with one attached hydrogen (secondary N) is 1. The molecule has 0 spiro atoms. The first kappa shape index (κ1) is 17.6. The van der Waals surface area contributed by atoms with Crippen molar-refractivity contribution in [2.45, 2.75) is 45.2 Å². The molecule has 1 aliphatic rings. The van der Waals surface area contributed by atoms with Crippen molar-refractivity contribution in [3.8, 4) is 0 Å². The Morgan fingerprint density at radius 3 is 2.88 bits per heavy atom. The zero-order chi connectivity index (χ0) is 18.0. The van der Waals surface area contributed by atoms with Crippen molar-refractivity contribution >= 4 is 5.91 Å². The fourth-order valence-corrected chi connectivity index (χ4v) is 3.40. The molecule has 0 saturated carbocycles. The Kier molecular flexibility index (Phi) is 5.17. The molecule has 1 fully saturated rings. The van der Waals surface area contributed by atoms with Gasteiger partial charge in [0.05, 0.1) is 12.6 Å². The van der Waals surface area contributed by atoms with Crippen LogP contribution in [-0.2, 0) is 13.6 Å². The molecule has 0 aliphatic carbocycles. The molecule has 1 unspecified atom stereocenters. The number of piperidine rings is 1. The van der Waals surface area contributed by atoms with Crippen molar-refractivity contribution in [2.24, 2.45) is 7.05 Å². The first-order chi connectivity index (χ1) is 12.0. The summed E-state index contributed by atoms with van der Waals surface area (Å²) in [6.07, 6.45) is 4.08. The van der Waals surface area contributed by atoms with E-state index in [-0.39, 0.29) is 11.9 Å². The summed E-state index contributed by atoms with van der Waals surface area (Å²) < 4.78 is 4.03. The van der Waals surface area contributed by atoms with Crippen LogP contribution in [0.5, 0.6) is 0 Å². The number of hydrogen-bond acceptors (Lipinski definition) is 5. The molecule has 0 bridgehead atoms. The summed E-state index contributed by atoms with van der Waals surface area (Å²) in [6.45, 7) is 7.00. The SMILES string of the molecule is CNC(=O)c1ccn(C2CCCN(Cc3nnc(C(C)C)n3C)C2)n1. The lowest BCUT2D eigenvalue weighted by molar-refractivity contribution is 0.0955. The summed E-state index contributed by atoms with van der Waals surface area (Å²) in [5.74, 6) is 2.24. The molecule has 25 heavy (non-hydrogen) atoms. The first-order valence-electron chi connectivity index (χ1n) is 8.87. The first-order valence-corrected chi connectivity index (χ1v) is 8.87. The molecule has 0 aromatic carbocycles. The highest BCUT2D eigenvalue weighted by molar-refractivity contribution is 5.91. The Labute approximate surface area is 148 Å². The van der Waals surface area contributed by atoms with Crippen LogP contribution < -0.4 is 5.32 Å². The maximum atomic E-state index is 11.7. The minimum Gasteiger partial charge on any atom is -0.354 e. The monoisotopic (exact) mass is 345 g/mol. The molecule has 1 amide bonds. The molecular formula is C17H27N7O. The zero-order valence-electron chi connectivity index (χ0n) is 15.4. The summed E-state index contributed by atoms with van der Waals surface area (Å²) in [5, 5.41) is 15.7. The molecule has 0 radical (unpaired) electrons. The van der Waals surface area contributed by atoms with Gasteiger partial charge in [0.1, 0.15) is 17.3 Å². The highest BCUT2D eigenvalue weighted by Crippen LogP contribution is 2.23. The average molecular weight is 345 g/mol. The molecule has 8 nitrogen and oxygen atoms in total. The predicted octanol–water partition coefficient (Wildman–Crippen LogP) is 1.33. The third-order valence-electron chi connectivity index (χ3n) is 4.80. The Morgan fingerprint density at radius 2 is 2.20 bits per heavy atom. The molecule has 8 heteroatoms. The Bertz CT molecular complexity index is 733. The smallest absolute Gasteiger partial charge is 0.271 e. The number of aromatic nitrogens is 5. The third kappa shape index (κ3) is 3.73. The normalized spacial score (nSPS) is 18.7. The van der Waals surface area contributed by atoms with E-state index in [4.69, 9.17) is 0 Å². The highest BCUT2D eigenvalue weighted by atomic mass is 16.1. The molecule has 2 aromatic heterocycles. The van der Waals surface area contributed by atoms with E-state index in [9.17, 15) is 4.79 Å². The lowest BCUT2D eigenvalue weighted by Crippen LogP contribution is -2.37. The topological polar surface area (TPSA) is 80.9 Å². The fraction of sp³-hybridized carbons (Fsp3) is 0.647. The summed E-state index contributed by atoms with van der Waals surface area (Å²) in [6, 6.07) is 2.06. The van der Waals surface area contributed by atoms with Gasteiger partial charge < -0.3 is 9.88 Å². The summed E-state index contributed by atoms with van der Waals surface area (Å²) >= 11 is 0. The van der Waals surface area contributed by atoms with Crippen LogP contribution in [0.4, 0.5) is 0 Å². The van der Waals surface area contributed by atoms with E-state index in [0.717, 1.165) is 44.1 Å². The van der Waals surface area contributed by atoms with E-state index in [1.54, 1.807) is 13.1 Å². The Hall–Kier alpha value is -2.22. The molecule has 1 atom stereocenters. The van der Waals surface area contributed by atoms with E-state index in [0.29, 0.717) is 11.6 Å². The van der Waals surface area contributed by atoms with Gasteiger partial charge in [-0.1, -0.05) is 13.8 Å². The van der Waals surface area contributed by atoms with Gasteiger partial charge in [0, 0.05) is 32.8 Å². The number of rotatable bonds is 5. The second-order valence-electron chi connectivity index (χ2n) is 6.98. The van der Waals surface area contributed by atoms with Crippen LogP contribution in [-0.4, -0.2) is 55.5 Å². The second kappa shape index (κ2) is 7.35. The fourth-order valence-electron chi connectivity index (χ4n) is 3.40. The van der Waals surface area contributed by atoms with Crippen LogP contribution >= 0.6 is 0 Å². The Balaban J connectivity index is 1.67. The van der Waals surface area contributed by atoms with Gasteiger partial charge in [0.2, 0.25) is 0 Å². The third-order valence-corrected chi connectivity index (χ3v) is 4.80. The zero-order valence-corrected chi connectivity index (χ0v) is 15.4. The van der Waals surface area contributed by atoms with Crippen molar-refractivity contribution in [3.63, 3.8) is 0 Å². The lowest BCUT2D eigenvalue weighted by atomic mass is 10.1. The van der Waals surface area contributed by atoms with Crippen molar-refractivity contribution in [3.05, 3.63) is 29.6 Å². The maximum Gasteiger partial charge on any atom is 0.271 e. The van der Waals surface area contributed by atoms with E-state index in [1.807, 2.05) is 17.9 Å². The van der Waals surface area contributed by atoms with Gasteiger partial charge in [0.15, 0.2) is 0 Å². The summed E-state index contributed by atoms with van der Waals surface area (Å²) in [4.78, 5) is 14.1. The van der Waals surface area contributed by atoms with Gasteiger partial charge in [-0.3, -0.25) is 14.4 Å². The van der Waals surface area contributed by atoms with Gasteiger partial charge >= 0.3 is 0 Å². The predicted molar refractivity (Wildman–Crippen MR) is 94.3 cm³/mol. The number of nitrogens with zero attached hydrogens (tertiary/aromatic N) is 6. The standard InChI is InChI=1S/C17H27N7O/c1-12(2)16-20-19-15(22(16)4)11-23-8-5-6-13(10-23)24-9-7-14(21-24)17(25)18-3/h7,9,12-13H,5-6,8,10-11H2,1-4H3,(H,18,25). The van der Waals surface area contributed by atoms with Gasteiger partial charge in [0.25, 0.3) is 5.91 Å². The van der Waals surface area contributed by atoms with Crippen molar-refractivity contribution in [1.29, 1.82) is 0 Å². The van der Waals surface area contributed by atoms with Crippen molar-refractivity contribution in [1.82, 2.24) is 34.8 Å². The van der Waals surface area contributed by atoms with Crippen molar-refractivity contribution in [2.75, 3.05) is 20.1 Å². The van der Waals surface area contributed by atoms with Crippen LogP contribution in [0, 0.1) is 0 Å². The van der Waals surface area contributed by atoms with Crippen LogP contribution in [0.3, 0.4) is 0 Å². The van der Waals surface area contributed by atoms with E-state index < -0.39 is 0 Å². The quantitative estimate of drug-likeness (QED) is 0.884. The average Bonchev–Trinajstić information content (AvgIpc) is 3.22. The molecule has 1 aliphatic heterocycles. The van der Waals surface area contributed by atoms with Crippen LogP contribution in [0.15, 0.2) is 12.3 Å². The molecule has 1 N–H and O–H groups in total. The number of carbonyl (C=O) groups excluding carboxylic acids is 1. The number of hydrogen-bond donors (Lipinski definition) is 1. The van der Waals surface area contributed by atoms with Gasteiger partial charge in [-0.05, 0) is 25.5 Å². The summed E-state index contributed by atoms with van der Waals surface area (Å²) in [5.41, 5.74) is 0.467. The van der Waals surface area contributed by atoms with Gasteiger partial charge in [-0.25, -0.2) is 0 Å². The lowest BCUT2D eigenvalue weighted by Gasteiger charge is -2.32. The largest absolute Gasteiger partial charge is 0.354 e. The number of likely N-dealkylation sites (tertiary alicyclic amines) is 1. The summed E-state index contributed by atoms with van der Waals surface area (Å²) in [7, 11) is 3.66. The highest BCUT2D eigenvalue weighted by Gasteiger charge is 2.24. The molecular weight excluding hydrogens is 318 g/mol. The molecule has 1 saturated heterocycles. The molecule has 3 rings (SSSR count). The molecule has 3 heterocycles. The van der Waals surface area contributed by atoms with Gasteiger partial charge in [-0.15, -0.1) is 10.2 Å². The van der Waals surface area contributed by atoms with Gasteiger partial charge in [-0.2, -0.15) is 5.10 Å². The number of carbonyl (C=O) groups is 1. The minimum absolute atomic E-state index is 0.147. The second-order valence-corrected chi connectivity index (χ2v) is 6.98. The van der Waals surface area contributed by atoms with Crippen LogP contribution in [0.2, 0.25) is 0 Å².